The number of hydrogen-bond acceptors (Lipinski definition) is 3. The fourth-order valence-corrected chi connectivity index (χ4v) is 3.34. The Bertz CT molecular complexity index is 1350. The summed E-state index contributed by atoms with van der Waals surface area (Å²) in [6.45, 7) is 0. The molecule has 0 saturated heterocycles. The van der Waals surface area contributed by atoms with Crippen LogP contribution in [0.1, 0.15) is 11.3 Å². The van der Waals surface area contributed by atoms with Crippen LogP contribution in [0, 0.1) is 17.5 Å². The Kier molecular flexibility index (Phi) is 4.01. The molecule has 5 rings (SSSR count). The zero-order valence-corrected chi connectivity index (χ0v) is 15.0. The highest BCUT2D eigenvalue weighted by Gasteiger charge is 2.14. The molecule has 29 heavy (non-hydrogen) atoms. The summed E-state index contributed by atoms with van der Waals surface area (Å²) in [5, 5.41) is 5.49. The van der Waals surface area contributed by atoms with Crippen LogP contribution in [0.2, 0.25) is 0 Å². The van der Waals surface area contributed by atoms with Crippen molar-refractivity contribution >= 4 is 16.6 Å². The third-order valence-corrected chi connectivity index (χ3v) is 4.77. The summed E-state index contributed by atoms with van der Waals surface area (Å²) in [5.74, 6) is -4.00. The van der Waals surface area contributed by atoms with Crippen molar-refractivity contribution in [2.45, 2.75) is 6.42 Å². The van der Waals surface area contributed by atoms with Gasteiger partial charge in [-0.2, -0.15) is 5.10 Å². The molecule has 0 aliphatic rings. The highest BCUT2D eigenvalue weighted by molar-refractivity contribution is 5.79. The zero-order valence-electron chi connectivity index (χ0n) is 15.0. The van der Waals surface area contributed by atoms with Gasteiger partial charge in [0.05, 0.1) is 23.1 Å². The molecule has 3 heterocycles. The lowest BCUT2D eigenvalue weighted by Crippen LogP contribution is -2.01. The van der Waals surface area contributed by atoms with Gasteiger partial charge in [0.25, 0.3) is 0 Å². The van der Waals surface area contributed by atoms with Crippen LogP contribution in [0.4, 0.5) is 13.2 Å². The molecule has 7 heteroatoms. The van der Waals surface area contributed by atoms with Crippen molar-refractivity contribution in [1.82, 2.24) is 19.6 Å². The van der Waals surface area contributed by atoms with Crippen molar-refractivity contribution in [3.8, 4) is 11.3 Å². The van der Waals surface area contributed by atoms with Gasteiger partial charge in [0.1, 0.15) is 0 Å². The first-order chi connectivity index (χ1) is 14.1. The third kappa shape index (κ3) is 3.10. The largest absolute Gasteiger partial charge is 0.256 e. The van der Waals surface area contributed by atoms with E-state index in [4.69, 9.17) is 0 Å². The Balaban J connectivity index is 1.55. The fraction of sp³-hybridized carbons (Fsp3) is 0.0455. The first kappa shape index (κ1) is 17.4. The van der Waals surface area contributed by atoms with Gasteiger partial charge in [0.2, 0.25) is 0 Å². The van der Waals surface area contributed by atoms with Crippen LogP contribution in [0.25, 0.3) is 27.8 Å². The van der Waals surface area contributed by atoms with E-state index in [1.165, 1.54) is 0 Å². The molecule has 5 aromatic rings. The lowest BCUT2D eigenvalue weighted by Gasteiger charge is -2.06. The smallest absolute Gasteiger partial charge is 0.194 e. The van der Waals surface area contributed by atoms with Crippen LogP contribution in [-0.2, 0) is 6.42 Å². The van der Waals surface area contributed by atoms with Crippen LogP contribution >= 0.6 is 0 Å². The monoisotopic (exact) mass is 390 g/mol. The van der Waals surface area contributed by atoms with Crippen molar-refractivity contribution in [3.63, 3.8) is 0 Å². The van der Waals surface area contributed by atoms with Crippen molar-refractivity contribution < 1.29 is 13.2 Å². The Hall–Kier alpha value is -3.74. The van der Waals surface area contributed by atoms with Gasteiger partial charge in [0, 0.05) is 23.6 Å². The fourth-order valence-electron chi connectivity index (χ4n) is 3.34. The predicted octanol–water partition coefficient (Wildman–Crippen LogP) is 4.95. The molecule has 0 radical (unpaired) electrons. The van der Waals surface area contributed by atoms with Gasteiger partial charge in [-0.15, -0.1) is 0 Å². The maximum absolute atomic E-state index is 13.6. The Labute approximate surface area is 163 Å². The molecule has 0 amide bonds. The number of imidazole rings is 1. The second-order valence-corrected chi connectivity index (χ2v) is 6.70. The number of halogens is 3. The quantitative estimate of drug-likeness (QED) is 0.409. The number of aromatic nitrogens is 4. The van der Waals surface area contributed by atoms with Gasteiger partial charge in [-0.25, -0.2) is 22.7 Å². The second kappa shape index (κ2) is 6.70. The van der Waals surface area contributed by atoms with E-state index in [0.29, 0.717) is 17.8 Å². The van der Waals surface area contributed by atoms with Crippen LogP contribution in [0.15, 0.2) is 67.0 Å². The Morgan fingerprint density at radius 2 is 1.69 bits per heavy atom. The molecule has 0 N–H and O–H groups in total. The minimum Gasteiger partial charge on any atom is -0.256 e. The van der Waals surface area contributed by atoms with Gasteiger partial charge < -0.3 is 0 Å². The van der Waals surface area contributed by atoms with E-state index in [9.17, 15) is 13.2 Å². The van der Waals surface area contributed by atoms with Crippen molar-refractivity contribution in [3.05, 3.63) is 95.7 Å². The molecule has 3 aromatic heterocycles. The molecule has 0 aliphatic carbocycles. The Morgan fingerprint density at radius 3 is 2.52 bits per heavy atom. The molecular weight excluding hydrogens is 377 g/mol. The van der Waals surface area contributed by atoms with Gasteiger partial charge in [-0.3, -0.25) is 4.98 Å². The van der Waals surface area contributed by atoms with Gasteiger partial charge >= 0.3 is 0 Å². The Morgan fingerprint density at radius 1 is 0.862 bits per heavy atom. The summed E-state index contributed by atoms with van der Waals surface area (Å²) in [6.07, 6.45) is 4.03. The second-order valence-electron chi connectivity index (χ2n) is 6.70. The summed E-state index contributed by atoms with van der Waals surface area (Å²) in [6, 6.07) is 15.0. The molecule has 0 spiro atoms. The summed E-state index contributed by atoms with van der Waals surface area (Å²) in [4.78, 5) is 8.66. The summed E-state index contributed by atoms with van der Waals surface area (Å²) in [7, 11) is 0. The molecule has 142 valence electrons. The summed E-state index contributed by atoms with van der Waals surface area (Å²) < 4.78 is 42.1. The van der Waals surface area contributed by atoms with Crippen LogP contribution in [0.5, 0.6) is 0 Å². The van der Waals surface area contributed by atoms with E-state index in [2.05, 4.69) is 21.1 Å². The summed E-state index contributed by atoms with van der Waals surface area (Å²) >= 11 is 0. The number of rotatable bonds is 3. The van der Waals surface area contributed by atoms with Gasteiger partial charge in [0.15, 0.2) is 23.1 Å². The number of pyridine rings is 1. The highest BCUT2D eigenvalue weighted by Crippen LogP contribution is 2.23. The topological polar surface area (TPSA) is 43.1 Å². The zero-order chi connectivity index (χ0) is 20.0. The van der Waals surface area contributed by atoms with E-state index in [0.717, 1.165) is 34.3 Å². The minimum atomic E-state index is -1.50. The van der Waals surface area contributed by atoms with Gasteiger partial charge in [-0.05, 0) is 48.0 Å². The normalized spacial score (nSPS) is 11.4. The average molecular weight is 390 g/mol. The molecule has 0 aliphatic heterocycles. The van der Waals surface area contributed by atoms with E-state index < -0.39 is 17.5 Å². The van der Waals surface area contributed by atoms with E-state index in [1.807, 2.05) is 24.3 Å². The predicted molar refractivity (Wildman–Crippen MR) is 103 cm³/mol. The number of benzene rings is 2. The number of hydrogen-bond donors (Lipinski definition) is 0. The maximum Gasteiger partial charge on any atom is 0.194 e. The first-order valence-corrected chi connectivity index (χ1v) is 8.91. The van der Waals surface area contributed by atoms with Crippen LogP contribution < -0.4 is 0 Å². The summed E-state index contributed by atoms with van der Waals surface area (Å²) in [5.41, 5.74) is 3.85. The van der Waals surface area contributed by atoms with E-state index >= 15 is 0 Å². The SMILES string of the molecule is Fc1cc(-c2ccc3ncc(Cc4ccc5ncccc5c4)n3n2)cc(F)c1F. The minimum absolute atomic E-state index is 0.153. The van der Waals surface area contributed by atoms with Gasteiger partial charge in [-0.1, -0.05) is 12.1 Å². The highest BCUT2D eigenvalue weighted by atomic mass is 19.2. The number of nitrogens with zero attached hydrogens (tertiary/aromatic N) is 4. The van der Waals surface area contributed by atoms with E-state index in [-0.39, 0.29) is 5.56 Å². The molecule has 0 unspecified atom stereocenters. The average Bonchev–Trinajstić information content (AvgIpc) is 3.13. The van der Waals surface area contributed by atoms with Crippen LogP contribution in [0.3, 0.4) is 0 Å². The lowest BCUT2D eigenvalue weighted by atomic mass is 10.1. The molecule has 0 atom stereocenters. The molecule has 0 fully saturated rings. The third-order valence-electron chi connectivity index (χ3n) is 4.77. The molecule has 0 bridgehead atoms. The van der Waals surface area contributed by atoms with Crippen molar-refractivity contribution in [2.24, 2.45) is 0 Å². The molecule has 2 aromatic carbocycles. The maximum atomic E-state index is 13.6. The van der Waals surface area contributed by atoms with Crippen LogP contribution in [-0.4, -0.2) is 19.6 Å². The van der Waals surface area contributed by atoms with Crippen molar-refractivity contribution in [1.29, 1.82) is 0 Å². The van der Waals surface area contributed by atoms with Crippen molar-refractivity contribution in [2.75, 3.05) is 0 Å². The molecule has 4 nitrogen and oxygen atoms in total. The standard InChI is InChI=1S/C22H13F3N4/c23-17-10-15(11-18(24)22(17)25)20-5-6-21-27-12-16(29(21)28-20)9-13-3-4-19-14(8-13)2-1-7-26-19/h1-8,10-12H,9H2. The number of fused-ring (bicyclic) bond motifs is 2. The molecule has 0 saturated carbocycles. The molecular formula is C22H13F3N4. The lowest BCUT2D eigenvalue weighted by molar-refractivity contribution is 0.447. The van der Waals surface area contributed by atoms with E-state index in [1.54, 1.807) is 29.0 Å². The first-order valence-electron chi connectivity index (χ1n) is 8.91.